The molecule has 0 saturated heterocycles. The van der Waals surface area contributed by atoms with E-state index >= 15 is 0 Å². The molecule has 0 bridgehead atoms. The molecule has 2 aromatic rings. The number of fused-ring (bicyclic) bond motifs is 1. The fourth-order valence-corrected chi connectivity index (χ4v) is 3.16. The summed E-state index contributed by atoms with van der Waals surface area (Å²) in [5, 5.41) is 5.39. The average Bonchev–Trinajstić information content (AvgIpc) is 3.06. The summed E-state index contributed by atoms with van der Waals surface area (Å²) in [6.45, 7) is 6.43. The molecule has 1 aliphatic heterocycles. The second kappa shape index (κ2) is 7.23. The van der Waals surface area contributed by atoms with Crippen molar-refractivity contribution >= 4 is 28.8 Å². The number of nitrogens with zero attached hydrogens (tertiary/aromatic N) is 2. The van der Waals surface area contributed by atoms with Gasteiger partial charge in [-0.25, -0.2) is 4.98 Å². The van der Waals surface area contributed by atoms with Crippen LogP contribution < -0.4 is 15.0 Å². The Morgan fingerprint density at radius 2 is 2.12 bits per heavy atom. The maximum atomic E-state index is 12.3. The van der Waals surface area contributed by atoms with Gasteiger partial charge in [0.2, 0.25) is 0 Å². The molecule has 25 heavy (non-hydrogen) atoms. The highest BCUT2D eigenvalue weighted by molar-refractivity contribution is 7.09. The summed E-state index contributed by atoms with van der Waals surface area (Å²) in [7, 11) is 0. The molecule has 3 rings (SSSR count). The highest BCUT2D eigenvalue weighted by Gasteiger charge is 2.26. The molecule has 1 N–H and O–H groups in total. The molecule has 0 saturated carbocycles. The Kier molecular flexibility index (Phi) is 5.03. The van der Waals surface area contributed by atoms with E-state index in [1.54, 1.807) is 10.3 Å². The van der Waals surface area contributed by atoms with Gasteiger partial charge in [-0.2, -0.15) is 0 Å². The number of ether oxygens (including phenoxy) is 1. The van der Waals surface area contributed by atoms with Crippen molar-refractivity contribution in [1.29, 1.82) is 0 Å². The highest BCUT2D eigenvalue weighted by Crippen LogP contribution is 2.32. The van der Waals surface area contributed by atoms with Crippen LogP contribution in [0.2, 0.25) is 0 Å². The van der Waals surface area contributed by atoms with Crippen molar-refractivity contribution in [2.75, 3.05) is 11.5 Å². The van der Waals surface area contributed by atoms with Crippen LogP contribution in [-0.4, -0.2) is 29.4 Å². The quantitative estimate of drug-likeness (QED) is 0.891. The molecule has 2 heterocycles. The lowest BCUT2D eigenvalue weighted by Gasteiger charge is -2.28. The van der Waals surface area contributed by atoms with Crippen LogP contribution >= 0.6 is 11.3 Å². The summed E-state index contributed by atoms with van der Waals surface area (Å²) in [6, 6.07) is 7.49. The molecule has 1 aromatic heterocycles. The van der Waals surface area contributed by atoms with E-state index in [0.717, 1.165) is 5.69 Å². The first-order valence-corrected chi connectivity index (χ1v) is 9.11. The van der Waals surface area contributed by atoms with Crippen molar-refractivity contribution in [2.45, 2.75) is 33.4 Å². The van der Waals surface area contributed by atoms with Crippen molar-refractivity contribution in [3.8, 4) is 5.75 Å². The number of anilines is 1. The zero-order valence-corrected chi connectivity index (χ0v) is 15.3. The third-order valence-corrected chi connectivity index (χ3v) is 5.08. The van der Waals surface area contributed by atoms with Crippen molar-refractivity contribution in [3.05, 3.63) is 40.3 Å². The van der Waals surface area contributed by atoms with Crippen molar-refractivity contribution in [1.82, 2.24) is 10.3 Å². The van der Waals surface area contributed by atoms with E-state index in [9.17, 15) is 9.59 Å². The number of nitrogens with one attached hydrogen (secondary N) is 1. The number of hydrogen-bond acceptors (Lipinski definition) is 5. The smallest absolute Gasteiger partial charge is 0.270 e. The normalized spacial score (nSPS) is 14.9. The Morgan fingerprint density at radius 3 is 2.88 bits per heavy atom. The van der Waals surface area contributed by atoms with Gasteiger partial charge in [0.15, 0.2) is 6.61 Å². The van der Waals surface area contributed by atoms with E-state index in [4.69, 9.17) is 4.74 Å². The van der Waals surface area contributed by atoms with Crippen LogP contribution in [0.5, 0.6) is 5.75 Å². The van der Waals surface area contributed by atoms with Gasteiger partial charge in [0, 0.05) is 11.4 Å². The molecule has 7 heteroatoms. The molecule has 0 spiro atoms. The number of carbonyl (C=O) groups excluding carboxylic acids is 2. The maximum absolute atomic E-state index is 12.3. The molecular weight excluding hydrogens is 338 g/mol. The Labute approximate surface area is 150 Å². The van der Waals surface area contributed by atoms with Gasteiger partial charge in [-0.05, 0) is 25.0 Å². The second-order valence-corrected chi connectivity index (χ2v) is 7.31. The van der Waals surface area contributed by atoms with Gasteiger partial charge in [-0.1, -0.05) is 26.0 Å². The minimum Gasteiger partial charge on any atom is -0.482 e. The predicted octanol–water partition coefficient (Wildman–Crippen LogP) is 2.84. The molecule has 1 unspecified atom stereocenters. The standard InChI is InChI=1S/C18H21N3O3S/c1-11(2)12(3)19-18(23)13-10-25-16(20-13)8-21-14-6-4-5-7-15(14)24-9-17(21)22/h4-7,10-12H,8-9H2,1-3H3,(H,19,23). The number of benzene rings is 1. The molecule has 1 atom stereocenters. The zero-order valence-electron chi connectivity index (χ0n) is 14.5. The van der Waals surface area contributed by atoms with Gasteiger partial charge in [0.25, 0.3) is 11.8 Å². The van der Waals surface area contributed by atoms with Gasteiger partial charge in [-0.3, -0.25) is 14.5 Å². The first-order chi connectivity index (χ1) is 12.0. The van der Waals surface area contributed by atoms with Crippen LogP contribution in [0, 0.1) is 5.92 Å². The molecular formula is C18H21N3O3S. The summed E-state index contributed by atoms with van der Waals surface area (Å²) >= 11 is 1.38. The molecule has 0 aliphatic carbocycles. The van der Waals surface area contributed by atoms with Gasteiger partial charge in [0.05, 0.1) is 12.2 Å². The lowest BCUT2D eigenvalue weighted by molar-refractivity contribution is -0.121. The van der Waals surface area contributed by atoms with Crippen LogP contribution in [0.3, 0.4) is 0 Å². The monoisotopic (exact) mass is 359 g/mol. The van der Waals surface area contributed by atoms with Crippen LogP contribution in [0.15, 0.2) is 29.6 Å². The Morgan fingerprint density at radius 1 is 1.36 bits per heavy atom. The topological polar surface area (TPSA) is 71.5 Å². The second-order valence-electron chi connectivity index (χ2n) is 6.37. The zero-order chi connectivity index (χ0) is 18.0. The number of amides is 2. The summed E-state index contributed by atoms with van der Waals surface area (Å²) in [4.78, 5) is 30.5. The average molecular weight is 359 g/mol. The fraction of sp³-hybridized carbons (Fsp3) is 0.389. The van der Waals surface area contributed by atoms with Gasteiger partial charge in [0.1, 0.15) is 16.5 Å². The van der Waals surface area contributed by atoms with E-state index in [2.05, 4.69) is 24.1 Å². The maximum Gasteiger partial charge on any atom is 0.270 e. The number of hydrogen-bond donors (Lipinski definition) is 1. The highest BCUT2D eigenvalue weighted by atomic mass is 32.1. The Balaban J connectivity index is 1.73. The van der Waals surface area contributed by atoms with Crippen molar-refractivity contribution < 1.29 is 14.3 Å². The van der Waals surface area contributed by atoms with Crippen LogP contribution in [0.1, 0.15) is 36.3 Å². The minimum atomic E-state index is -0.183. The summed E-state index contributed by atoms with van der Waals surface area (Å²) in [5.41, 5.74) is 1.12. The Bertz CT molecular complexity index is 787. The first kappa shape index (κ1) is 17.4. The number of rotatable bonds is 5. The van der Waals surface area contributed by atoms with E-state index in [1.165, 1.54) is 11.3 Å². The largest absolute Gasteiger partial charge is 0.482 e. The number of aromatic nitrogens is 1. The van der Waals surface area contributed by atoms with Crippen LogP contribution in [-0.2, 0) is 11.3 Å². The molecule has 132 valence electrons. The van der Waals surface area contributed by atoms with Crippen molar-refractivity contribution in [2.24, 2.45) is 5.92 Å². The lowest BCUT2D eigenvalue weighted by atomic mass is 10.1. The molecule has 1 aromatic carbocycles. The van der Waals surface area contributed by atoms with E-state index < -0.39 is 0 Å². The third-order valence-electron chi connectivity index (χ3n) is 4.24. The molecule has 1 aliphatic rings. The SMILES string of the molecule is CC(C)C(C)NC(=O)c1csc(CN2C(=O)COc3ccccc32)n1. The fourth-order valence-electron chi connectivity index (χ4n) is 2.40. The Hall–Kier alpha value is -2.41. The molecule has 0 radical (unpaired) electrons. The number of para-hydroxylation sites is 2. The number of thiazole rings is 1. The van der Waals surface area contributed by atoms with Gasteiger partial charge < -0.3 is 10.1 Å². The molecule has 0 fully saturated rings. The molecule has 2 amide bonds. The van der Waals surface area contributed by atoms with E-state index in [1.807, 2.05) is 31.2 Å². The minimum absolute atomic E-state index is 0.0155. The first-order valence-electron chi connectivity index (χ1n) is 8.23. The van der Waals surface area contributed by atoms with Crippen LogP contribution in [0.4, 0.5) is 5.69 Å². The molecule has 6 nitrogen and oxygen atoms in total. The van der Waals surface area contributed by atoms with Crippen LogP contribution in [0.25, 0.3) is 0 Å². The number of carbonyl (C=O) groups is 2. The predicted molar refractivity (Wildman–Crippen MR) is 97.0 cm³/mol. The summed E-state index contributed by atoms with van der Waals surface area (Å²) in [6.07, 6.45) is 0. The van der Waals surface area contributed by atoms with Crippen molar-refractivity contribution in [3.63, 3.8) is 0 Å². The third kappa shape index (κ3) is 3.82. The van der Waals surface area contributed by atoms with E-state index in [-0.39, 0.29) is 24.5 Å². The summed E-state index contributed by atoms with van der Waals surface area (Å²) in [5.74, 6) is 0.734. The van der Waals surface area contributed by atoms with Gasteiger partial charge in [-0.15, -0.1) is 11.3 Å². The van der Waals surface area contributed by atoms with Gasteiger partial charge >= 0.3 is 0 Å². The van der Waals surface area contributed by atoms with E-state index in [0.29, 0.717) is 28.9 Å². The summed E-state index contributed by atoms with van der Waals surface area (Å²) < 4.78 is 5.44. The lowest BCUT2D eigenvalue weighted by Crippen LogP contribution is -2.38.